The zero-order valence-corrected chi connectivity index (χ0v) is 7.41. The van der Waals surface area contributed by atoms with E-state index in [9.17, 15) is 5.11 Å². The quantitative estimate of drug-likeness (QED) is 0.474. The largest absolute Gasteiger partial charge is 0.505 e. The molecule has 0 bridgehead atoms. The number of aromatic hydroxyl groups is 1. The monoisotopic (exact) mass is 173 g/mol. The second-order valence-electron chi connectivity index (χ2n) is 3.23. The number of nitrogen functional groups attached to an aromatic ring is 1. The molecule has 0 unspecified atom stereocenters. The molecule has 2 heteroatoms. The first-order valence-corrected chi connectivity index (χ1v) is 4.16. The number of hydrogen-bond acceptors (Lipinski definition) is 2. The van der Waals surface area contributed by atoms with Gasteiger partial charge in [-0.05, 0) is 18.4 Å². The molecule has 2 rings (SSSR count). The summed E-state index contributed by atoms with van der Waals surface area (Å²) in [5.74, 6) is 0.178. The van der Waals surface area contributed by atoms with Gasteiger partial charge in [-0.15, -0.1) is 0 Å². The lowest BCUT2D eigenvalue weighted by molar-refractivity contribution is 0.484. The van der Waals surface area contributed by atoms with E-state index in [-0.39, 0.29) is 5.75 Å². The molecule has 0 atom stereocenters. The zero-order valence-electron chi connectivity index (χ0n) is 7.41. The number of rotatable bonds is 0. The molecule has 3 N–H and O–H groups in total. The molecule has 2 aromatic rings. The Labute approximate surface area is 76.6 Å². The van der Waals surface area contributed by atoms with Crippen molar-refractivity contribution in [3.63, 3.8) is 0 Å². The van der Waals surface area contributed by atoms with Crippen LogP contribution < -0.4 is 5.73 Å². The van der Waals surface area contributed by atoms with E-state index in [1.807, 2.05) is 31.2 Å². The lowest BCUT2D eigenvalue weighted by Gasteiger charge is -2.04. The summed E-state index contributed by atoms with van der Waals surface area (Å²) in [5.41, 5.74) is 7.18. The van der Waals surface area contributed by atoms with E-state index in [4.69, 9.17) is 5.73 Å². The first-order chi connectivity index (χ1) is 6.18. The van der Waals surface area contributed by atoms with Crippen LogP contribution in [0.25, 0.3) is 10.8 Å². The Bertz CT molecular complexity index is 463. The third-order valence-electron chi connectivity index (χ3n) is 2.18. The highest BCUT2D eigenvalue weighted by molar-refractivity contribution is 5.92. The van der Waals surface area contributed by atoms with Gasteiger partial charge in [0.15, 0.2) is 0 Å². The van der Waals surface area contributed by atoms with Crippen molar-refractivity contribution >= 4 is 16.5 Å². The van der Waals surface area contributed by atoms with Crippen LogP contribution in [0.1, 0.15) is 5.56 Å². The van der Waals surface area contributed by atoms with Crippen molar-refractivity contribution < 1.29 is 5.11 Å². The maximum Gasteiger partial charge on any atom is 0.146 e. The predicted octanol–water partition coefficient (Wildman–Crippen LogP) is 2.44. The molecule has 66 valence electrons. The standard InChI is InChI=1S/C11H11NO/c1-7-2-4-9-8(6-7)3-5-10(12)11(9)13/h2-6,13H,12H2,1H3. The Morgan fingerprint density at radius 3 is 2.69 bits per heavy atom. The molecule has 0 amide bonds. The van der Waals surface area contributed by atoms with E-state index in [2.05, 4.69) is 0 Å². The minimum atomic E-state index is 0.178. The number of phenols is 1. The lowest BCUT2D eigenvalue weighted by Crippen LogP contribution is -1.86. The molecule has 0 spiro atoms. The molecule has 0 aliphatic heterocycles. The van der Waals surface area contributed by atoms with Crippen molar-refractivity contribution in [3.8, 4) is 5.75 Å². The maximum atomic E-state index is 9.62. The summed E-state index contributed by atoms with van der Waals surface area (Å²) in [6.07, 6.45) is 0. The van der Waals surface area contributed by atoms with Gasteiger partial charge in [-0.25, -0.2) is 0 Å². The lowest BCUT2D eigenvalue weighted by atomic mass is 10.1. The highest BCUT2D eigenvalue weighted by Gasteiger charge is 2.02. The summed E-state index contributed by atoms with van der Waals surface area (Å²) < 4.78 is 0. The minimum absolute atomic E-state index is 0.178. The Balaban J connectivity index is 2.87. The van der Waals surface area contributed by atoms with Gasteiger partial charge in [0.25, 0.3) is 0 Å². The molecule has 0 heterocycles. The van der Waals surface area contributed by atoms with Crippen LogP contribution in [0.15, 0.2) is 30.3 Å². The van der Waals surface area contributed by atoms with Crippen molar-refractivity contribution in [2.24, 2.45) is 0 Å². The van der Waals surface area contributed by atoms with Crippen LogP contribution >= 0.6 is 0 Å². The van der Waals surface area contributed by atoms with Gasteiger partial charge >= 0.3 is 0 Å². The second-order valence-corrected chi connectivity index (χ2v) is 3.23. The summed E-state index contributed by atoms with van der Waals surface area (Å²) in [7, 11) is 0. The molecule has 0 aliphatic carbocycles. The summed E-state index contributed by atoms with van der Waals surface area (Å²) >= 11 is 0. The fourth-order valence-electron chi connectivity index (χ4n) is 1.45. The average Bonchev–Trinajstić information content (AvgIpc) is 2.12. The number of anilines is 1. The highest BCUT2D eigenvalue weighted by atomic mass is 16.3. The number of hydrogen-bond donors (Lipinski definition) is 2. The smallest absolute Gasteiger partial charge is 0.146 e. The third kappa shape index (κ3) is 1.20. The molecule has 0 fully saturated rings. The molecule has 2 nitrogen and oxygen atoms in total. The van der Waals surface area contributed by atoms with Crippen LogP contribution in [-0.2, 0) is 0 Å². The summed E-state index contributed by atoms with van der Waals surface area (Å²) in [4.78, 5) is 0. The molecule has 13 heavy (non-hydrogen) atoms. The first kappa shape index (κ1) is 7.92. The summed E-state index contributed by atoms with van der Waals surface area (Å²) in [6.45, 7) is 2.02. The van der Waals surface area contributed by atoms with E-state index in [0.29, 0.717) is 5.69 Å². The van der Waals surface area contributed by atoms with E-state index < -0.39 is 0 Å². The SMILES string of the molecule is Cc1ccc2c(O)c(N)ccc2c1. The van der Waals surface area contributed by atoms with Crippen LogP contribution in [-0.4, -0.2) is 5.11 Å². The summed E-state index contributed by atoms with van der Waals surface area (Å²) in [5, 5.41) is 11.5. The van der Waals surface area contributed by atoms with Crippen LogP contribution in [0.2, 0.25) is 0 Å². The highest BCUT2D eigenvalue weighted by Crippen LogP contribution is 2.30. The Morgan fingerprint density at radius 1 is 1.15 bits per heavy atom. The molecular weight excluding hydrogens is 162 g/mol. The van der Waals surface area contributed by atoms with Crippen molar-refractivity contribution in [3.05, 3.63) is 35.9 Å². The van der Waals surface area contributed by atoms with Gasteiger partial charge in [-0.3, -0.25) is 0 Å². The Morgan fingerprint density at radius 2 is 1.92 bits per heavy atom. The number of fused-ring (bicyclic) bond motifs is 1. The number of aryl methyl sites for hydroxylation is 1. The molecule has 0 aliphatic rings. The molecule has 0 saturated heterocycles. The maximum absolute atomic E-state index is 9.62. The van der Waals surface area contributed by atoms with E-state index >= 15 is 0 Å². The van der Waals surface area contributed by atoms with Crippen LogP contribution in [0.5, 0.6) is 5.75 Å². The molecular formula is C11H11NO. The fraction of sp³-hybridized carbons (Fsp3) is 0.0909. The molecule has 2 aromatic carbocycles. The van der Waals surface area contributed by atoms with Crippen molar-refractivity contribution in [1.82, 2.24) is 0 Å². The molecule has 0 saturated carbocycles. The van der Waals surface area contributed by atoms with E-state index in [1.165, 1.54) is 5.56 Å². The zero-order chi connectivity index (χ0) is 9.42. The summed E-state index contributed by atoms with van der Waals surface area (Å²) in [6, 6.07) is 9.50. The van der Waals surface area contributed by atoms with Gasteiger partial charge in [0, 0.05) is 5.39 Å². The topological polar surface area (TPSA) is 46.2 Å². The normalized spacial score (nSPS) is 10.5. The molecule has 0 radical (unpaired) electrons. The van der Waals surface area contributed by atoms with Crippen LogP contribution in [0.4, 0.5) is 5.69 Å². The second kappa shape index (κ2) is 2.66. The Kier molecular flexibility index (Phi) is 1.62. The molecule has 0 aromatic heterocycles. The fourth-order valence-corrected chi connectivity index (χ4v) is 1.45. The van der Waals surface area contributed by atoms with Gasteiger partial charge in [-0.2, -0.15) is 0 Å². The van der Waals surface area contributed by atoms with Gasteiger partial charge in [0.2, 0.25) is 0 Å². The first-order valence-electron chi connectivity index (χ1n) is 4.16. The Hall–Kier alpha value is -1.70. The van der Waals surface area contributed by atoms with Crippen LogP contribution in [0.3, 0.4) is 0 Å². The van der Waals surface area contributed by atoms with Gasteiger partial charge < -0.3 is 10.8 Å². The van der Waals surface area contributed by atoms with E-state index in [0.717, 1.165) is 10.8 Å². The third-order valence-corrected chi connectivity index (χ3v) is 2.18. The van der Waals surface area contributed by atoms with Crippen molar-refractivity contribution in [2.45, 2.75) is 6.92 Å². The minimum Gasteiger partial charge on any atom is -0.505 e. The van der Waals surface area contributed by atoms with Gasteiger partial charge in [0.05, 0.1) is 5.69 Å². The van der Waals surface area contributed by atoms with E-state index in [1.54, 1.807) is 6.07 Å². The predicted molar refractivity (Wildman–Crippen MR) is 54.8 cm³/mol. The number of nitrogens with two attached hydrogens (primary N) is 1. The van der Waals surface area contributed by atoms with Crippen molar-refractivity contribution in [1.29, 1.82) is 0 Å². The number of benzene rings is 2. The van der Waals surface area contributed by atoms with Gasteiger partial charge in [0.1, 0.15) is 5.75 Å². The van der Waals surface area contributed by atoms with Crippen LogP contribution in [0, 0.1) is 6.92 Å². The van der Waals surface area contributed by atoms with Crippen molar-refractivity contribution in [2.75, 3.05) is 5.73 Å². The average molecular weight is 173 g/mol. The number of phenolic OH excluding ortho intramolecular Hbond substituents is 1. The van der Waals surface area contributed by atoms with Gasteiger partial charge in [-0.1, -0.05) is 29.8 Å².